The maximum atomic E-state index is 11.4. The zero-order valence-electron chi connectivity index (χ0n) is 9.70. The summed E-state index contributed by atoms with van der Waals surface area (Å²) in [4.78, 5) is 22.7. The molecule has 0 radical (unpaired) electrons. The first-order valence-electron chi connectivity index (χ1n) is 5.15. The number of aliphatic hydroxyl groups is 2. The van der Waals surface area contributed by atoms with E-state index in [0.29, 0.717) is 5.56 Å². The average Bonchev–Trinajstić information content (AvgIpc) is 2.20. The Morgan fingerprint density at radius 3 is 2.25 bits per heavy atom. The molecule has 0 amide bonds. The van der Waals surface area contributed by atoms with Crippen LogP contribution in [0.4, 0.5) is 5.69 Å². The van der Waals surface area contributed by atoms with E-state index >= 15 is 0 Å². The Kier molecular flexibility index (Phi) is 3.50. The molecule has 5 heteroatoms. The van der Waals surface area contributed by atoms with Crippen molar-refractivity contribution in [2.75, 3.05) is 18.5 Å². The van der Waals surface area contributed by atoms with Gasteiger partial charge in [0.2, 0.25) is 10.9 Å². The van der Waals surface area contributed by atoms with Gasteiger partial charge in [-0.3, -0.25) is 9.59 Å². The molecule has 0 aliphatic carbocycles. The minimum Gasteiger partial charge on any atom is -0.394 e. The lowest BCUT2D eigenvalue weighted by molar-refractivity contribution is 0.105. The van der Waals surface area contributed by atoms with Crippen LogP contribution in [0.25, 0.3) is 0 Å². The van der Waals surface area contributed by atoms with Crippen molar-refractivity contribution in [1.82, 2.24) is 0 Å². The number of nitrogens with one attached hydrogen (secondary N) is 1. The van der Waals surface area contributed by atoms with Crippen LogP contribution in [0.2, 0.25) is 0 Å². The fourth-order valence-corrected chi connectivity index (χ4v) is 1.56. The summed E-state index contributed by atoms with van der Waals surface area (Å²) in [7, 11) is 0. The van der Waals surface area contributed by atoms with Gasteiger partial charge in [0, 0.05) is 12.1 Å². The van der Waals surface area contributed by atoms with Crippen LogP contribution in [0.3, 0.4) is 0 Å². The summed E-state index contributed by atoms with van der Waals surface area (Å²) < 4.78 is 0. The molecule has 3 N–H and O–H groups in total. The van der Waals surface area contributed by atoms with Gasteiger partial charge in [-0.2, -0.15) is 0 Å². The van der Waals surface area contributed by atoms with Gasteiger partial charge in [0.1, 0.15) is 0 Å². The summed E-state index contributed by atoms with van der Waals surface area (Å²) in [5, 5.41) is 20.5. The Hall–Kier alpha value is -1.20. The standard InChI is InChI=1S/C11H17NO4/c1-11(2,3)7-8(10(16)9(7)15)12-4-6(14)5-13/h6,12-14H,4-5H2,1-3H3. The number of rotatable bonds is 4. The van der Waals surface area contributed by atoms with Gasteiger partial charge >= 0.3 is 0 Å². The number of hydrogen-bond donors (Lipinski definition) is 3. The Bertz CT molecular complexity index is 437. The molecule has 5 nitrogen and oxygen atoms in total. The summed E-state index contributed by atoms with van der Waals surface area (Å²) in [6.45, 7) is 5.21. The van der Waals surface area contributed by atoms with E-state index in [9.17, 15) is 9.59 Å². The van der Waals surface area contributed by atoms with Gasteiger partial charge in [-0.25, -0.2) is 0 Å². The molecule has 16 heavy (non-hydrogen) atoms. The van der Waals surface area contributed by atoms with Gasteiger partial charge in [0.15, 0.2) is 0 Å². The maximum absolute atomic E-state index is 11.4. The molecule has 0 fully saturated rings. The Balaban J connectivity index is 2.87. The monoisotopic (exact) mass is 227 g/mol. The zero-order chi connectivity index (χ0) is 12.5. The first-order valence-corrected chi connectivity index (χ1v) is 5.15. The Labute approximate surface area is 93.4 Å². The molecule has 90 valence electrons. The molecule has 0 aliphatic heterocycles. The molecule has 0 spiro atoms. The van der Waals surface area contributed by atoms with Gasteiger partial charge in [-0.1, -0.05) is 20.8 Å². The first kappa shape index (κ1) is 12.9. The van der Waals surface area contributed by atoms with Gasteiger partial charge in [-0.15, -0.1) is 0 Å². The van der Waals surface area contributed by atoms with E-state index in [1.54, 1.807) is 0 Å². The number of anilines is 1. The molecule has 0 saturated carbocycles. The molecule has 0 aromatic heterocycles. The van der Waals surface area contributed by atoms with Crippen LogP contribution < -0.4 is 16.2 Å². The summed E-state index contributed by atoms with van der Waals surface area (Å²) >= 11 is 0. The zero-order valence-corrected chi connectivity index (χ0v) is 9.70. The van der Waals surface area contributed by atoms with Gasteiger partial charge in [-0.05, 0) is 5.41 Å². The third kappa shape index (κ3) is 2.31. The van der Waals surface area contributed by atoms with Crippen molar-refractivity contribution in [3.63, 3.8) is 0 Å². The van der Waals surface area contributed by atoms with Crippen molar-refractivity contribution < 1.29 is 10.2 Å². The fraction of sp³-hybridized carbons (Fsp3) is 0.636. The summed E-state index contributed by atoms with van der Waals surface area (Å²) in [5.41, 5.74) is -0.673. The summed E-state index contributed by atoms with van der Waals surface area (Å²) in [6.07, 6.45) is -0.933. The molecule has 1 aromatic rings. The molecular weight excluding hydrogens is 210 g/mol. The van der Waals surface area contributed by atoms with Crippen LogP contribution >= 0.6 is 0 Å². The van der Waals surface area contributed by atoms with Crippen molar-refractivity contribution in [3.8, 4) is 0 Å². The van der Waals surface area contributed by atoms with Crippen molar-refractivity contribution in [3.05, 3.63) is 26.0 Å². The predicted molar refractivity (Wildman–Crippen MR) is 61.6 cm³/mol. The van der Waals surface area contributed by atoms with E-state index in [2.05, 4.69) is 5.32 Å². The molecule has 0 bridgehead atoms. The second-order valence-corrected chi connectivity index (χ2v) is 4.88. The Morgan fingerprint density at radius 2 is 1.81 bits per heavy atom. The van der Waals surface area contributed by atoms with Crippen molar-refractivity contribution in [2.45, 2.75) is 32.3 Å². The van der Waals surface area contributed by atoms with E-state index in [1.807, 2.05) is 20.8 Å². The second-order valence-electron chi connectivity index (χ2n) is 4.88. The predicted octanol–water partition coefficient (Wildman–Crippen LogP) is -0.655. The normalized spacial score (nSPS) is 14.1. The van der Waals surface area contributed by atoms with Crippen LogP contribution in [0.5, 0.6) is 0 Å². The summed E-state index contributed by atoms with van der Waals surface area (Å²) in [5.74, 6) is 0. The van der Waals surface area contributed by atoms with E-state index in [4.69, 9.17) is 10.2 Å². The molecule has 1 atom stereocenters. The molecular formula is C11H17NO4. The van der Waals surface area contributed by atoms with E-state index in [1.165, 1.54) is 0 Å². The third-order valence-corrected chi connectivity index (χ3v) is 2.39. The topological polar surface area (TPSA) is 86.6 Å². The molecule has 1 aromatic carbocycles. The lowest BCUT2D eigenvalue weighted by atomic mass is 9.82. The number of hydrogen-bond acceptors (Lipinski definition) is 5. The first-order chi connectivity index (χ1) is 7.29. The molecule has 1 rings (SSSR count). The smallest absolute Gasteiger partial charge is 0.249 e. The summed E-state index contributed by atoms with van der Waals surface area (Å²) in [6, 6.07) is 0. The van der Waals surface area contributed by atoms with Crippen molar-refractivity contribution >= 4 is 5.69 Å². The maximum Gasteiger partial charge on any atom is 0.249 e. The highest BCUT2D eigenvalue weighted by molar-refractivity contribution is 5.59. The third-order valence-electron chi connectivity index (χ3n) is 2.39. The lowest BCUT2D eigenvalue weighted by Crippen LogP contribution is -2.44. The highest BCUT2D eigenvalue weighted by Gasteiger charge is 2.30. The fourth-order valence-electron chi connectivity index (χ4n) is 1.56. The van der Waals surface area contributed by atoms with Gasteiger partial charge in [0.05, 0.1) is 18.4 Å². The second kappa shape index (κ2) is 4.35. The van der Waals surface area contributed by atoms with Crippen LogP contribution in [-0.4, -0.2) is 29.5 Å². The van der Waals surface area contributed by atoms with Crippen molar-refractivity contribution in [1.29, 1.82) is 0 Å². The van der Waals surface area contributed by atoms with Crippen LogP contribution in [0.15, 0.2) is 9.59 Å². The highest BCUT2D eigenvalue weighted by atomic mass is 16.3. The highest BCUT2D eigenvalue weighted by Crippen LogP contribution is 2.25. The van der Waals surface area contributed by atoms with Crippen LogP contribution in [0.1, 0.15) is 26.3 Å². The molecule has 0 heterocycles. The number of aliphatic hydroxyl groups excluding tert-OH is 2. The van der Waals surface area contributed by atoms with E-state index < -0.39 is 22.4 Å². The van der Waals surface area contributed by atoms with Crippen LogP contribution in [0, 0.1) is 0 Å². The minimum absolute atomic E-state index is 0.0600. The SMILES string of the molecule is CC(C)(C)c1c(NCC(O)CO)c(=O)c1=O. The Morgan fingerprint density at radius 1 is 1.25 bits per heavy atom. The molecule has 0 saturated heterocycles. The quantitative estimate of drug-likeness (QED) is 0.595. The molecule has 0 aliphatic rings. The lowest BCUT2D eigenvalue weighted by Gasteiger charge is -2.24. The van der Waals surface area contributed by atoms with Gasteiger partial charge < -0.3 is 15.5 Å². The van der Waals surface area contributed by atoms with Gasteiger partial charge in [0.25, 0.3) is 0 Å². The average molecular weight is 227 g/mol. The van der Waals surface area contributed by atoms with Crippen LogP contribution in [-0.2, 0) is 5.41 Å². The largest absolute Gasteiger partial charge is 0.394 e. The minimum atomic E-state index is -0.933. The van der Waals surface area contributed by atoms with E-state index in [0.717, 1.165) is 0 Å². The van der Waals surface area contributed by atoms with E-state index in [-0.39, 0.29) is 18.8 Å². The molecule has 1 unspecified atom stereocenters. The van der Waals surface area contributed by atoms with Crippen molar-refractivity contribution in [2.24, 2.45) is 0 Å².